The minimum absolute atomic E-state index is 0.0123. The van der Waals surface area contributed by atoms with Crippen LogP contribution in [0.15, 0.2) is 60.0 Å². The van der Waals surface area contributed by atoms with Gasteiger partial charge in [-0.1, -0.05) is 31.2 Å². The van der Waals surface area contributed by atoms with E-state index < -0.39 is 35.6 Å². The first-order valence-corrected chi connectivity index (χ1v) is 14.6. The van der Waals surface area contributed by atoms with E-state index in [1.807, 2.05) is 18.5 Å². The highest BCUT2D eigenvalue weighted by Gasteiger charge is 2.68. The zero-order valence-corrected chi connectivity index (χ0v) is 22.4. The number of ether oxygens (including phenoxy) is 1. The minimum Gasteiger partial charge on any atom is -0.392 e. The number of nitrogens with zero attached hydrogens (tertiary/aromatic N) is 2. The summed E-state index contributed by atoms with van der Waals surface area (Å²) in [5.74, 6) is 0.200. The van der Waals surface area contributed by atoms with Gasteiger partial charge in [0.15, 0.2) is 0 Å². The average Bonchev–Trinajstić information content (AvgIpc) is 3.52. The molecule has 1 aromatic heterocycles. The molecule has 7 heteroatoms. The Labute approximate surface area is 228 Å². The van der Waals surface area contributed by atoms with Crippen LogP contribution in [0.4, 0.5) is 0 Å². The van der Waals surface area contributed by atoms with Crippen molar-refractivity contribution in [2.45, 2.75) is 93.0 Å². The Morgan fingerprint density at radius 2 is 1.79 bits per heavy atom. The van der Waals surface area contributed by atoms with Crippen LogP contribution in [0.5, 0.6) is 0 Å². The second-order valence-electron chi connectivity index (χ2n) is 13.5. The van der Waals surface area contributed by atoms with Crippen LogP contribution < -0.4 is 0 Å². The molecule has 4 heterocycles. The lowest BCUT2D eigenvalue weighted by Crippen LogP contribution is -2.58. The quantitative estimate of drug-likeness (QED) is 0.473. The highest BCUT2D eigenvalue weighted by molar-refractivity contribution is 5.82. The third-order valence-corrected chi connectivity index (χ3v) is 11.6. The number of hydrogen-bond donors (Lipinski definition) is 4. The molecule has 0 radical (unpaired) electrons. The van der Waals surface area contributed by atoms with Crippen LogP contribution in [0.1, 0.15) is 56.9 Å². The maximum atomic E-state index is 11.6. The normalized spacial score (nSPS) is 46.9. The number of hydrogen-bond acceptors (Lipinski definition) is 7. The molecule has 7 nitrogen and oxygen atoms in total. The van der Waals surface area contributed by atoms with E-state index in [9.17, 15) is 20.4 Å². The van der Waals surface area contributed by atoms with Gasteiger partial charge >= 0.3 is 0 Å². The first-order valence-electron chi connectivity index (χ1n) is 14.6. The topological polar surface area (TPSA) is 106 Å². The van der Waals surface area contributed by atoms with Crippen LogP contribution in [0.25, 0.3) is 10.8 Å². The maximum Gasteiger partial charge on any atom is 0.0975 e. The summed E-state index contributed by atoms with van der Waals surface area (Å²) in [6, 6.07) is 8.41. The Hall–Kier alpha value is -2.13. The van der Waals surface area contributed by atoms with Crippen molar-refractivity contribution < 1.29 is 25.2 Å². The molecule has 3 aliphatic heterocycles. The monoisotopic (exact) mass is 530 g/mol. The molecule has 6 aliphatic rings. The van der Waals surface area contributed by atoms with Gasteiger partial charge in [0.1, 0.15) is 0 Å². The maximum absolute atomic E-state index is 11.6. The molecule has 2 bridgehead atoms. The lowest BCUT2D eigenvalue weighted by atomic mass is 9.58. The number of β-amino-alcohol motifs (C(OH)–C–C–N with tert-alkyl or cyclic N) is 2. The van der Waals surface area contributed by atoms with Crippen molar-refractivity contribution in [3.05, 3.63) is 65.5 Å². The molecule has 0 amide bonds. The van der Waals surface area contributed by atoms with E-state index in [0.717, 1.165) is 30.0 Å². The van der Waals surface area contributed by atoms with Crippen LogP contribution in [-0.4, -0.2) is 85.1 Å². The molecule has 206 valence electrons. The number of allylic oxidation sites excluding steroid dienone is 1. The molecule has 2 unspecified atom stereocenters. The van der Waals surface area contributed by atoms with Gasteiger partial charge in [-0.15, -0.1) is 0 Å². The van der Waals surface area contributed by atoms with Crippen molar-refractivity contribution in [2.24, 2.45) is 11.3 Å². The number of aromatic nitrogens is 1. The van der Waals surface area contributed by atoms with Gasteiger partial charge in [0.05, 0.1) is 35.6 Å². The highest BCUT2D eigenvalue weighted by Crippen LogP contribution is 2.69. The third kappa shape index (κ3) is 3.29. The molecule has 10 atom stereocenters. The number of aliphatic hydroxyl groups is 4. The molecule has 2 saturated carbocycles. The lowest BCUT2D eigenvalue weighted by molar-refractivity contribution is -0.150. The van der Waals surface area contributed by atoms with Crippen molar-refractivity contribution in [3.63, 3.8) is 0 Å². The molecule has 2 aromatic rings. The van der Waals surface area contributed by atoms with Crippen molar-refractivity contribution in [1.29, 1.82) is 0 Å². The predicted molar refractivity (Wildman–Crippen MR) is 146 cm³/mol. The van der Waals surface area contributed by atoms with Crippen LogP contribution in [-0.2, 0) is 4.74 Å². The van der Waals surface area contributed by atoms with Crippen molar-refractivity contribution in [2.75, 3.05) is 13.1 Å². The molecule has 2 spiro atoms. The molecule has 4 fully saturated rings. The fourth-order valence-electron chi connectivity index (χ4n) is 9.71. The van der Waals surface area contributed by atoms with Crippen LogP contribution in [0, 0.1) is 11.3 Å². The Bertz CT molecular complexity index is 1400. The van der Waals surface area contributed by atoms with Gasteiger partial charge in [0.2, 0.25) is 0 Å². The number of aliphatic hydroxyl groups excluding tert-OH is 4. The molecule has 4 N–H and O–H groups in total. The standard InChI is InChI=1S/C32H38N2O5/c1-30-6-4-21-11-22-12-24(35)23(34-16-26(37)27(38)17-34)14-31(22)7-8-32(21,39-31)28(30)13-25(36)29(30)19-3-2-18-5-9-33-15-20(18)10-19/h2-5,9-11,15,23-29,35-38H,6-8,12-14,16-17H2,1H3/t23-,24-,25+,26-,27-,28+,29?,30-,31+,32?/m0/s1. The predicted octanol–water partition coefficient (Wildman–Crippen LogP) is 2.82. The van der Waals surface area contributed by atoms with Crippen LogP contribution in [0.3, 0.4) is 0 Å². The lowest BCUT2D eigenvalue weighted by Gasteiger charge is -2.55. The summed E-state index contributed by atoms with van der Waals surface area (Å²) in [6.45, 7) is 3.11. The third-order valence-electron chi connectivity index (χ3n) is 11.6. The fraction of sp³-hybridized carbons (Fsp3) is 0.594. The summed E-state index contributed by atoms with van der Waals surface area (Å²) >= 11 is 0. The van der Waals surface area contributed by atoms with E-state index in [-0.39, 0.29) is 23.3 Å². The molecule has 39 heavy (non-hydrogen) atoms. The zero-order chi connectivity index (χ0) is 26.7. The van der Waals surface area contributed by atoms with Crippen molar-refractivity contribution >= 4 is 10.8 Å². The van der Waals surface area contributed by atoms with E-state index in [0.29, 0.717) is 32.4 Å². The van der Waals surface area contributed by atoms with E-state index in [2.05, 4.69) is 47.2 Å². The molecular formula is C32H38N2O5. The van der Waals surface area contributed by atoms with Gasteiger partial charge < -0.3 is 25.2 Å². The van der Waals surface area contributed by atoms with Gasteiger partial charge in [-0.2, -0.15) is 0 Å². The van der Waals surface area contributed by atoms with E-state index in [1.165, 1.54) is 16.7 Å². The average molecular weight is 531 g/mol. The van der Waals surface area contributed by atoms with Crippen molar-refractivity contribution in [1.82, 2.24) is 9.88 Å². The second kappa shape index (κ2) is 8.21. The largest absolute Gasteiger partial charge is 0.392 e. The summed E-state index contributed by atoms with van der Waals surface area (Å²) in [5, 5.41) is 45.4. The smallest absolute Gasteiger partial charge is 0.0975 e. The summed E-state index contributed by atoms with van der Waals surface area (Å²) in [7, 11) is 0. The minimum atomic E-state index is -0.773. The highest BCUT2D eigenvalue weighted by atomic mass is 16.5. The molecule has 3 aliphatic carbocycles. The van der Waals surface area contributed by atoms with E-state index in [1.54, 1.807) is 0 Å². The van der Waals surface area contributed by atoms with E-state index >= 15 is 0 Å². The summed E-state index contributed by atoms with van der Waals surface area (Å²) in [6.07, 6.45) is 10.5. The van der Waals surface area contributed by atoms with Crippen LogP contribution >= 0.6 is 0 Å². The fourth-order valence-corrected chi connectivity index (χ4v) is 9.71. The summed E-state index contributed by atoms with van der Waals surface area (Å²) < 4.78 is 7.33. The van der Waals surface area contributed by atoms with Crippen LogP contribution in [0.2, 0.25) is 0 Å². The molecule has 2 saturated heterocycles. The number of pyridine rings is 1. The Morgan fingerprint density at radius 1 is 0.974 bits per heavy atom. The summed E-state index contributed by atoms with van der Waals surface area (Å²) in [4.78, 5) is 6.38. The van der Waals surface area contributed by atoms with Gasteiger partial charge in [-0.25, -0.2) is 0 Å². The number of likely N-dealkylation sites (tertiary alicyclic amines) is 1. The van der Waals surface area contributed by atoms with Gasteiger partial charge in [0, 0.05) is 48.7 Å². The van der Waals surface area contributed by atoms with E-state index in [4.69, 9.17) is 4.74 Å². The first kappa shape index (κ1) is 24.6. The molecular weight excluding hydrogens is 492 g/mol. The Balaban J connectivity index is 1.15. The number of rotatable bonds is 2. The van der Waals surface area contributed by atoms with Gasteiger partial charge in [-0.05, 0) is 78.2 Å². The first-order chi connectivity index (χ1) is 18.7. The van der Waals surface area contributed by atoms with Crippen molar-refractivity contribution in [3.8, 4) is 0 Å². The Kier molecular flexibility index (Phi) is 5.19. The second-order valence-corrected chi connectivity index (χ2v) is 13.5. The number of fused-ring (bicyclic) bond motifs is 2. The number of benzene rings is 1. The summed E-state index contributed by atoms with van der Waals surface area (Å²) in [5.41, 5.74) is 2.59. The Morgan fingerprint density at radius 3 is 2.62 bits per heavy atom. The molecule has 8 rings (SSSR count). The zero-order valence-electron chi connectivity index (χ0n) is 22.4. The SMILES string of the molecule is C[C@]12CC=C3C=C4C[C@H](O)[C@@H](N5C[C@H](O)[C@@H](O)C5)C[C@]45CCC3(O5)[C@@H]1C[C@@H](O)C2c1ccc2ccncc2c1. The molecule has 1 aromatic carbocycles. The van der Waals surface area contributed by atoms with Gasteiger partial charge in [0.25, 0.3) is 0 Å². The van der Waals surface area contributed by atoms with Gasteiger partial charge in [-0.3, -0.25) is 9.88 Å².